The third-order valence-electron chi connectivity index (χ3n) is 5.17. The zero-order valence-electron chi connectivity index (χ0n) is 19.2. The van der Waals surface area contributed by atoms with E-state index in [2.05, 4.69) is 39.0 Å². The molecule has 0 aliphatic carbocycles. The second kappa shape index (κ2) is 15.3. The Balaban J connectivity index is 0.000000375. The Morgan fingerprint density at radius 1 is 0.800 bits per heavy atom. The summed E-state index contributed by atoms with van der Waals surface area (Å²) in [5, 5.41) is 17.3. The second-order valence-corrected chi connectivity index (χ2v) is 7.96. The van der Waals surface area contributed by atoms with Gasteiger partial charge in [-0.2, -0.15) is 10.5 Å². The molecule has 164 valence electrons. The van der Waals surface area contributed by atoms with Gasteiger partial charge < -0.3 is 9.97 Å². The summed E-state index contributed by atoms with van der Waals surface area (Å²) in [4.78, 5) is 14.7. The molecule has 0 aliphatic heterocycles. The molecule has 0 spiro atoms. The summed E-state index contributed by atoms with van der Waals surface area (Å²) >= 11 is 0. The van der Waals surface area contributed by atoms with Crippen LogP contribution in [0.2, 0.25) is 0 Å². The molecule has 30 heavy (non-hydrogen) atoms. The van der Waals surface area contributed by atoms with E-state index in [1.54, 1.807) is 6.20 Å². The van der Waals surface area contributed by atoms with Gasteiger partial charge >= 0.3 is 0 Å². The zero-order valence-corrected chi connectivity index (χ0v) is 19.2. The van der Waals surface area contributed by atoms with Crippen molar-refractivity contribution in [1.82, 2.24) is 19.9 Å². The van der Waals surface area contributed by atoms with Crippen LogP contribution in [0.4, 0.5) is 0 Å². The van der Waals surface area contributed by atoms with Crippen LogP contribution in [0.15, 0.2) is 12.4 Å². The summed E-state index contributed by atoms with van der Waals surface area (Å²) in [6.07, 6.45) is 16.8. The van der Waals surface area contributed by atoms with Crippen LogP contribution >= 0.6 is 0 Å². The summed E-state index contributed by atoms with van der Waals surface area (Å²) in [5.41, 5.74) is 1.69. The molecule has 0 amide bonds. The first-order valence-corrected chi connectivity index (χ1v) is 11.4. The molecule has 0 aromatic carbocycles. The van der Waals surface area contributed by atoms with E-state index in [1.165, 1.54) is 57.8 Å². The quantitative estimate of drug-likeness (QED) is 0.392. The molecular formula is C24H38N6. The lowest BCUT2D eigenvalue weighted by Gasteiger charge is -2.01. The number of H-pyrrole nitrogens is 2. The lowest BCUT2D eigenvalue weighted by atomic mass is 10.1. The minimum atomic E-state index is -0.108. The number of aromatic nitrogens is 4. The molecule has 2 unspecified atom stereocenters. The Morgan fingerprint density at radius 2 is 1.30 bits per heavy atom. The number of unbranched alkanes of at least 4 members (excludes halogenated alkanes) is 8. The Kier molecular flexibility index (Phi) is 12.9. The molecule has 2 aromatic rings. The number of rotatable bonds is 12. The van der Waals surface area contributed by atoms with E-state index in [1.807, 2.05) is 27.0 Å². The van der Waals surface area contributed by atoms with Crippen molar-refractivity contribution in [3.8, 4) is 12.1 Å². The monoisotopic (exact) mass is 410 g/mol. The van der Waals surface area contributed by atoms with Gasteiger partial charge in [-0.05, 0) is 27.2 Å². The van der Waals surface area contributed by atoms with Crippen LogP contribution in [-0.4, -0.2) is 19.9 Å². The molecule has 6 heteroatoms. The molecule has 2 N–H and O–H groups in total. The lowest BCUT2D eigenvalue weighted by Crippen LogP contribution is -1.92. The molecule has 2 heterocycles. The van der Waals surface area contributed by atoms with Crippen molar-refractivity contribution in [2.75, 3.05) is 0 Å². The van der Waals surface area contributed by atoms with Gasteiger partial charge in [-0.1, -0.05) is 58.3 Å². The van der Waals surface area contributed by atoms with Crippen LogP contribution in [0.3, 0.4) is 0 Å². The maximum atomic E-state index is 8.84. The maximum Gasteiger partial charge on any atom is 0.106 e. The number of imidazole rings is 2. The van der Waals surface area contributed by atoms with Crippen molar-refractivity contribution < 1.29 is 0 Å². The van der Waals surface area contributed by atoms with Crippen molar-refractivity contribution in [2.24, 2.45) is 0 Å². The number of nitrogens with zero attached hydrogens (tertiary/aromatic N) is 4. The normalized spacial score (nSPS) is 12.3. The van der Waals surface area contributed by atoms with Gasteiger partial charge in [0.15, 0.2) is 0 Å². The highest BCUT2D eigenvalue weighted by Crippen LogP contribution is 2.14. The average molecular weight is 411 g/mol. The number of aromatic amines is 2. The van der Waals surface area contributed by atoms with Gasteiger partial charge in [-0.3, -0.25) is 0 Å². The minimum Gasteiger partial charge on any atom is -0.349 e. The molecule has 0 saturated carbocycles. The van der Waals surface area contributed by atoms with Gasteiger partial charge in [0.05, 0.1) is 35.4 Å². The summed E-state index contributed by atoms with van der Waals surface area (Å²) in [7, 11) is 0. The number of hydrogen-bond acceptors (Lipinski definition) is 4. The number of nitriles is 2. The maximum absolute atomic E-state index is 8.84. The zero-order chi connectivity index (χ0) is 22.2. The van der Waals surface area contributed by atoms with E-state index in [-0.39, 0.29) is 11.8 Å². The van der Waals surface area contributed by atoms with Crippen LogP contribution in [0.5, 0.6) is 0 Å². The van der Waals surface area contributed by atoms with Crippen LogP contribution < -0.4 is 0 Å². The molecule has 2 rings (SSSR count). The standard InChI is InChI=1S/C17H29N3.C7H9N3/c1-3-4-5-6-7-8-9-10-11-12-17-19-14-16(20-17)15(2)13-18;1-5(3-8)7-4-9-6(2)10-7/h14-15H,3-12H2,1-2H3,(H,19,20);4-5H,1-2H3,(H,9,10). The Hall–Kier alpha value is -2.60. The molecule has 0 radical (unpaired) electrons. The Labute approximate surface area is 182 Å². The highest BCUT2D eigenvalue weighted by molar-refractivity contribution is 5.14. The lowest BCUT2D eigenvalue weighted by molar-refractivity contribution is 0.562. The summed E-state index contributed by atoms with van der Waals surface area (Å²) in [6, 6.07) is 4.33. The molecule has 0 fully saturated rings. The van der Waals surface area contributed by atoms with Gasteiger partial charge in [-0.25, -0.2) is 9.97 Å². The van der Waals surface area contributed by atoms with Crippen LogP contribution in [-0.2, 0) is 6.42 Å². The van der Waals surface area contributed by atoms with E-state index in [0.29, 0.717) is 0 Å². The van der Waals surface area contributed by atoms with Crippen molar-refractivity contribution in [3.63, 3.8) is 0 Å². The topological polar surface area (TPSA) is 105 Å². The van der Waals surface area contributed by atoms with Gasteiger partial charge in [0, 0.05) is 18.8 Å². The third kappa shape index (κ3) is 10.3. The first-order chi connectivity index (χ1) is 14.5. The largest absolute Gasteiger partial charge is 0.349 e. The molecule has 2 atom stereocenters. The van der Waals surface area contributed by atoms with Crippen LogP contribution in [0.1, 0.15) is 113 Å². The van der Waals surface area contributed by atoms with Crippen molar-refractivity contribution in [3.05, 3.63) is 35.4 Å². The van der Waals surface area contributed by atoms with Gasteiger partial charge in [0.25, 0.3) is 0 Å². The summed E-state index contributed by atoms with van der Waals surface area (Å²) in [5.74, 6) is 1.68. The first kappa shape index (κ1) is 25.4. The van der Waals surface area contributed by atoms with Gasteiger partial charge in [-0.15, -0.1) is 0 Å². The van der Waals surface area contributed by atoms with Crippen LogP contribution in [0.25, 0.3) is 0 Å². The van der Waals surface area contributed by atoms with E-state index in [0.717, 1.165) is 29.5 Å². The van der Waals surface area contributed by atoms with E-state index >= 15 is 0 Å². The predicted octanol–water partition coefficient (Wildman–Crippen LogP) is 6.46. The van der Waals surface area contributed by atoms with E-state index in [9.17, 15) is 0 Å². The highest BCUT2D eigenvalue weighted by Gasteiger charge is 2.08. The van der Waals surface area contributed by atoms with Gasteiger partial charge in [0.2, 0.25) is 0 Å². The SMILES string of the molecule is CCCCCCCCCCCc1nc(C(C)C#N)c[nH]1.Cc1nc(C(C)C#N)c[nH]1. The molecule has 0 bridgehead atoms. The fourth-order valence-corrected chi connectivity index (χ4v) is 3.12. The number of aryl methyl sites for hydroxylation is 2. The Morgan fingerprint density at radius 3 is 1.80 bits per heavy atom. The fourth-order valence-electron chi connectivity index (χ4n) is 3.12. The van der Waals surface area contributed by atoms with Gasteiger partial charge in [0.1, 0.15) is 11.6 Å². The third-order valence-corrected chi connectivity index (χ3v) is 5.17. The highest BCUT2D eigenvalue weighted by atomic mass is 14.9. The second-order valence-electron chi connectivity index (χ2n) is 7.96. The average Bonchev–Trinajstić information content (AvgIpc) is 3.41. The minimum absolute atomic E-state index is 0.107. The van der Waals surface area contributed by atoms with Crippen molar-refractivity contribution in [1.29, 1.82) is 10.5 Å². The molecule has 0 aliphatic rings. The molecule has 0 saturated heterocycles. The van der Waals surface area contributed by atoms with Crippen LogP contribution in [0, 0.1) is 29.6 Å². The predicted molar refractivity (Wildman–Crippen MR) is 121 cm³/mol. The fraction of sp³-hybridized carbons (Fsp3) is 0.667. The summed E-state index contributed by atoms with van der Waals surface area (Å²) < 4.78 is 0. The molecule has 2 aromatic heterocycles. The molecule has 6 nitrogen and oxygen atoms in total. The van der Waals surface area contributed by atoms with Crippen molar-refractivity contribution >= 4 is 0 Å². The first-order valence-electron chi connectivity index (χ1n) is 11.4. The van der Waals surface area contributed by atoms with Crippen molar-refractivity contribution in [2.45, 2.75) is 104 Å². The number of hydrogen-bond donors (Lipinski definition) is 2. The summed E-state index contributed by atoms with van der Waals surface area (Å²) in [6.45, 7) is 7.85. The Bertz CT molecular complexity index is 776. The van der Waals surface area contributed by atoms with E-state index < -0.39 is 0 Å². The molecular weight excluding hydrogens is 372 g/mol. The van der Waals surface area contributed by atoms with E-state index in [4.69, 9.17) is 10.5 Å². The smallest absolute Gasteiger partial charge is 0.106 e. The number of nitrogens with one attached hydrogen (secondary N) is 2.